The first-order chi connectivity index (χ1) is 7.75. The van der Waals surface area contributed by atoms with Crippen molar-refractivity contribution in [3.05, 3.63) is 46.4 Å². The molecule has 0 amide bonds. The molecular formula is C12H14N2OS. The molecule has 16 heavy (non-hydrogen) atoms. The Bertz CT molecular complexity index is 439. The smallest absolute Gasteiger partial charge is 0.140 e. The van der Waals surface area contributed by atoms with Gasteiger partial charge in [-0.2, -0.15) is 0 Å². The molecule has 0 spiro atoms. The zero-order chi connectivity index (χ0) is 11.4. The number of benzene rings is 1. The molecule has 0 aliphatic rings. The summed E-state index contributed by atoms with van der Waals surface area (Å²) in [6.45, 7) is 2.46. The SMILES string of the molecule is CC(N)c1cnc(COc2ccccc2)s1. The highest BCUT2D eigenvalue weighted by atomic mass is 32.1. The zero-order valence-corrected chi connectivity index (χ0v) is 9.91. The van der Waals surface area contributed by atoms with Gasteiger partial charge in [0.1, 0.15) is 17.4 Å². The first kappa shape index (κ1) is 11.1. The average Bonchev–Trinajstić information content (AvgIpc) is 2.76. The van der Waals surface area contributed by atoms with Crippen LogP contribution in [0.4, 0.5) is 0 Å². The second-order valence-corrected chi connectivity index (χ2v) is 4.69. The van der Waals surface area contributed by atoms with Gasteiger partial charge in [0.2, 0.25) is 0 Å². The number of ether oxygens (including phenoxy) is 1. The molecule has 4 heteroatoms. The normalized spacial score (nSPS) is 12.4. The molecule has 2 aromatic rings. The Morgan fingerprint density at radius 1 is 1.38 bits per heavy atom. The molecule has 1 aromatic heterocycles. The molecule has 0 aliphatic heterocycles. The number of aromatic nitrogens is 1. The molecule has 1 heterocycles. The highest BCUT2D eigenvalue weighted by molar-refractivity contribution is 7.11. The van der Waals surface area contributed by atoms with Gasteiger partial charge in [0.05, 0.1) is 0 Å². The van der Waals surface area contributed by atoms with Crippen LogP contribution in [0.25, 0.3) is 0 Å². The highest BCUT2D eigenvalue weighted by Gasteiger charge is 2.05. The van der Waals surface area contributed by atoms with Crippen LogP contribution < -0.4 is 10.5 Å². The quantitative estimate of drug-likeness (QED) is 0.884. The maximum absolute atomic E-state index is 5.76. The Labute approximate surface area is 98.9 Å². The van der Waals surface area contributed by atoms with Gasteiger partial charge in [-0.15, -0.1) is 11.3 Å². The molecule has 3 nitrogen and oxygen atoms in total. The van der Waals surface area contributed by atoms with Gasteiger partial charge in [-0.3, -0.25) is 0 Å². The van der Waals surface area contributed by atoms with Crippen LogP contribution in [0.3, 0.4) is 0 Å². The maximum Gasteiger partial charge on any atom is 0.140 e. The minimum absolute atomic E-state index is 0.0444. The summed E-state index contributed by atoms with van der Waals surface area (Å²) in [6, 6.07) is 9.77. The summed E-state index contributed by atoms with van der Waals surface area (Å²) in [6.07, 6.45) is 1.82. The molecular weight excluding hydrogens is 220 g/mol. The summed E-state index contributed by atoms with van der Waals surface area (Å²) < 4.78 is 5.59. The third-order valence-corrected chi connectivity index (χ3v) is 3.30. The van der Waals surface area contributed by atoms with Gasteiger partial charge in [-0.05, 0) is 19.1 Å². The first-order valence-corrected chi connectivity index (χ1v) is 5.95. The molecule has 1 unspecified atom stereocenters. The fraction of sp³-hybridized carbons (Fsp3) is 0.250. The van der Waals surface area contributed by atoms with Crippen molar-refractivity contribution in [1.82, 2.24) is 4.98 Å². The van der Waals surface area contributed by atoms with Crippen LogP contribution in [0, 0.1) is 0 Å². The molecule has 0 fully saturated rings. The fourth-order valence-electron chi connectivity index (χ4n) is 1.26. The Hall–Kier alpha value is -1.39. The summed E-state index contributed by atoms with van der Waals surface area (Å²) in [5.41, 5.74) is 5.76. The topological polar surface area (TPSA) is 48.1 Å². The van der Waals surface area contributed by atoms with Crippen LogP contribution in [0.2, 0.25) is 0 Å². The summed E-state index contributed by atoms with van der Waals surface area (Å²) in [7, 11) is 0. The van der Waals surface area contributed by atoms with E-state index in [2.05, 4.69) is 4.98 Å². The molecule has 0 radical (unpaired) electrons. The molecule has 0 bridgehead atoms. The lowest BCUT2D eigenvalue weighted by Crippen LogP contribution is -2.01. The molecule has 1 aromatic carbocycles. The number of para-hydroxylation sites is 1. The van der Waals surface area contributed by atoms with E-state index in [1.165, 1.54) is 0 Å². The second-order valence-electron chi connectivity index (χ2n) is 3.55. The van der Waals surface area contributed by atoms with Crippen molar-refractivity contribution in [2.45, 2.75) is 19.6 Å². The molecule has 2 N–H and O–H groups in total. The van der Waals surface area contributed by atoms with Crippen molar-refractivity contribution in [3.63, 3.8) is 0 Å². The molecule has 0 saturated carbocycles. The summed E-state index contributed by atoms with van der Waals surface area (Å²) in [4.78, 5) is 5.36. The summed E-state index contributed by atoms with van der Waals surface area (Å²) in [5, 5.41) is 0.955. The number of nitrogens with zero attached hydrogens (tertiary/aromatic N) is 1. The van der Waals surface area contributed by atoms with Gasteiger partial charge in [0, 0.05) is 17.1 Å². The van der Waals surface area contributed by atoms with Crippen molar-refractivity contribution in [2.75, 3.05) is 0 Å². The van der Waals surface area contributed by atoms with Crippen LogP contribution >= 0.6 is 11.3 Å². The van der Waals surface area contributed by atoms with Crippen LogP contribution in [0.15, 0.2) is 36.5 Å². The Kier molecular flexibility index (Phi) is 3.54. The average molecular weight is 234 g/mol. The maximum atomic E-state index is 5.76. The van der Waals surface area contributed by atoms with E-state index in [-0.39, 0.29) is 6.04 Å². The van der Waals surface area contributed by atoms with Gasteiger partial charge in [0.25, 0.3) is 0 Å². The van der Waals surface area contributed by atoms with Gasteiger partial charge in [-0.1, -0.05) is 18.2 Å². The Morgan fingerprint density at radius 2 is 2.12 bits per heavy atom. The van der Waals surface area contributed by atoms with Crippen molar-refractivity contribution in [1.29, 1.82) is 0 Å². The molecule has 84 valence electrons. The second kappa shape index (κ2) is 5.09. The number of hydrogen-bond donors (Lipinski definition) is 1. The van der Waals surface area contributed by atoms with E-state index in [9.17, 15) is 0 Å². The van der Waals surface area contributed by atoms with Crippen LogP contribution in [0.5, 0.6) is 5.75 Å². The van der Waals surface area contributed by atoms with E-state index in [4.69, 9.17) is 10.5 Å². The third kappa shape index (κ3) is 2.81. The van der Waals surface area contributed by atoms with E-state index in [0.29, 0.717) is 6.61 Å². The van der Waals surface area contributed by atoms with Crippen LogP contribution in [-0.2, 0) is 6.61 Å². The number of hydrogen-bond acceptors (Lipinski definition) is 4. The Morgan fingerprint density at radius 3 is 2.75 bits per heavy atom. The lowest BCUT2D eigenvalue weighted by atomic mass is 10.3. The molecule has 0 aliphatic carbocycles. The van der Waals surface area contributed by atoms with E-state index >= 15 is 0 Å². The van der Waals surface area contributed by atoms with Crippen molar-refractivity contribution in [2.24, 2.45) is 5.73 Å². The Balaban J connectivity index is 1.95. The lowest BCUT2D eigenvalue weighted by Gasteiger charge is -2.02. The minimum atomic E-state index is 0.0444. The molecule has 2 rings (SSSR count). The largest absolute Gasteiger partial charge is 0.486 e. The fourth-order valence-corrected chi connectivity index (χ4v) is 2.05. The minimum Gasteiger partial charge on any atom is -0.486 e. The number of nitrogens with two attached hydrogens (primary N) is 1. The van der Waals surface area contributed by atoms with Crippen molar-refractivity contribution < 1.29 is 4.74 Å². The van der Waals surface area contributed by atoms with Gasteiger partial charge < -0.3 is 10.5 Å². The van der Waals surface area contributed by atoms with Crippen molar-refractivity contribution >= 4 is 11.3 Å². The number of thiazole rings is 1. The number of rotatable bonds is 4. The monoisotopic (exact) mass is 234 g/mol. The molecule has 0 saturated heterocycles. The summed E-state index contributed by atoms with van der Waals surface area (Å²) in [5.74, 6) is 0.861. The highest BCUT2D eigenvalue weighted by Crippen LogP contribution is 2.20. The van der Waals surface area contributed by atoms with Crippen molar-refractivity contribution in [3.8, 4) is 5.75 Å². The van der Waals surface area contributed by atoms with Gasteiger partial charge in [-0.25, -0.2) is 4.98 Å². The van der Waals surface area contributed by atoms with Gasteiger partial charge in [0.15, 0.2) is 0 Å². The predicted molar refractivity (Wildman–Crippen MR) is 65.5 cm³/mol. The predicted octanol–water partition coefficient (Wildman–Crippen LogP) is 2.74. The summed E-state index contributed by atoms with van der Waals surface area (Å²) >= 11 is 1.60. The van der Waals surface area contributed by atoms with Gasteiger partial charge >= 0.3 is 0 Å². The van der Waals surface area contributed by atoms with Crippen LogP contribution in [-0.4, -0.2) is 4.98 Å². The standard InChI is InChI=1S/C12H14N2OS/c1-9(13)11-7-14-12(16-11)8-15-10-5-3-2-4-6-10/h2-7,9H,8,13H2,1H3. The third-order valence-electron chi connectivity index (χ3n) is 2.13. The van der Waals surface area contributed by atoms with Crippen LogP contribution in [0.1, 0.15) is 22.9 Å². The van der Waals surface area contributed by atoms with E-state index in [1.807, 2.05) is 43.5 Å². The zero-order valence-electron chi connectivity index (χ0n) is 9.09. The van der Waals surface area contributed by atoms with E-state index < -0.39 is 0 Å². The molecule has 1 atom stereocenters. The first-order valence-electron chi connectivity index (χ1n) is 5.14. The lowest BCUT2D eigenvalue weighted by molar-refractivity contribution is 0.305. The van der Waals surface area contributed by atoms with E-state index in [1.54, 1.807) is 11.3 Å². The van der Waals surface area contributed by atoms with E-state index in [0.717, 1.165) is 15.6 Å².